The number of hydrogen-bond donors (Lipinski definition) is 9. The van der Waals surface area contributed by atoms with Gasteiger partial charge in [0, 0.05) is 17.9 Å². The highest BCUT2D eigenvalue weighted by Crippen LogP contribution is 2.11. The number of phenols is 1. The molecule has 1 aromatic rings. The van der Waals surface area contributed by atoms with Gasteiger partial charge in [-0.2, -0.15) is 25.3 Å². The van der Waals surface area contributed by atoms with Gasteiger partial charge in [-0.3, -0.25) is 19.2 Å². The standard InChI is InChI=1S/C20H29N5O7S2/c21-12(7-10-1-3-11(26)4-2-10)17(28)23-13(5-6-16(22)27)18(29)24-14(8-33)19(30)25-15(9-34)20(31)32/h1-4,12-15,26,33-34H,5-9,21H2,(H2,22,27)(H,23,28)(H,24,29)(H,25,30)(H,31,32). The number of hydrogen-bond acceptors (Lipinski definition) is 9. The lowest BCUT2D eigenvalue weighted by Gasteiger charge is -2.24. The zero-order chi connectivity index (χ0) is 25.8. The molecule has 4 unspecified atom stereocenters. The number of aromatic hydroxyl groups is 1. The van der Waals surface area contributed by atoms with Gasteiger partial charge in [0.15, 0.2) is 0 Å². The van der Waals surface area contributed by atoms with Gasteiger partial charge in [-0.1, -0.05) is 12.1 Å². The number of nitrogens with two attached hydrogens (primary N) is 2. The van der Waals surface area contributed by atoms with E-state index >= 15 is 0 Å². The van der Waals surface area contributed by atoms with E-state index in [1.807, 2.05) is 0 Å². The molecule has 12 nitrogen and oxygen atoms in total. The average molecular weight is 516 g/mol. The number of carboxylic acid groups (broad SMARTS) is 1. The number of thiol groups is 2. The van der Waals surface area contributed by atoms with Crippen LogP contribution in [0.25, 0.3) is 0 Å². The van der Waals surface area contributed by atoms with Crippen molar-refractivity contribution in [3.05, 3.63) is 29.8 Å². The van der Waals surface area contributed by atoms with E-state index in [0.29, 0.717) is 5.56 Å². The summed E-state index contributed by atoms with van der Waals surface area (Å²) in [5.41, 5.74) is 11.8. The molecule has 34 heavy (non-hydrogen) atoms. The summed E-state index contributed by atoms with van der Waals surface area (Å²) in [4.78, 5) is 60.0. The van der Waals surface area contributed by atoms with Crippen molar-refractivity contribution in [1.29, 1.82) is 0 Å². The van der Waals surface area contributed by atoms with Crippen LogP contribution in [0.15, 0.2) is 24.3 Å². The molecule has 9 N–H and O–H groups in total. The first-order valence-electron chi connectivity index (χ1n) is 10.2. The van der Waals surface area contributed by atoms with E-state index in [0.717, 1.165) is 0 Å². The Morgan fingerprint density at radius 2 is 1.35 bits per heavy atom. The summed E-state index contributed by atoms with van der Waals surface area (Å²) in [6.07, 6.45) is -0.281. The molecule has 0 fully saturated rings. The second kappa shape index (κ2) is 14.3. The number of rotatable bonds is 14. The van der Waals surface area contributed by atoms with Crippen LogP contribution in [-0.2, 0) is 30.4 Å². The number of aliphatic carboxylic acids is 1. The molecule has 1 aromatic carbocycles. The van der Waals surface area contributed by atoms with Crippen molar-refractivity contribution in [2.75, 3.05) is 11.5 Å². The maximum atomic E-state index is 12.8. The van der Waals surface area contributed by atoms with Gasteiger partial charge >= 0.3 is 5.97 Å². The molecule has 14 heteroatoms. The predicted molar refractivity (Wildman–Crippen MR) is 129 cm³/mol. The highest BCUT2D eigenvalue weighted by molar-refractivity contribution is 7.80. The largest absolute Gasteiger partial charge is 0.508 e. The molecule has 4 amide bonds. The fourth-order valence-electron chi connectivity index (χ4n) is 2.74. The third-order valence-electron chi connectivity index (χ3n) is 4.65. The highest BCUT2D eigenvalue weighted by Gasteiger charge is 2.29. The number of nitrogens with one attached hydrogen (secondary N) is 3. The fourth-order valence-corrected chi connectivity index (χ4v) is 3.24. The molecule has 0 spiro atoms. The van der Waals surface area contributed by atoms with Crippen molar-refractivity contribution in [2.45, 2.75) is 43.4 Å². The van der Waals surface area contributed by atoms with Crippen molar-refractivity contribution >= 4 is 54.9 Å². The Balaban J connectivity index is 2.86. The minimum absolute atomic E-state index is 0.0526. The minimum atomic E-state index is -1.30. The lowest BCUT2D eigenvalue weighted by atomic mass is 10.0. The van der Waals surface area contributed by atoms with Crippen molar-refractivity contribution < 1.29 is 34.2 Å². The topological polar surface area (TPSA) is 214 Å². The van der Waals surface area contributed by atoms with E-state index in [1.54, 1.807) is 12.1 Å². The number of carbonyl (C=O) groups is 5. The van der Waals surface area contributed by atoms with E-state index in [1.165, 1.54) is 12.1 Å². The molecule has 0 aliphatic heterocycles. The van der Waals surface area contributed by atoms with E-state index < -0.39 is 53.8 Å². The van der Waals surface area contributed by atoms with Crippen LogP contribution in [-0.4, -0.2) is 75.5 Å². The van der Waals surface area contributed by atoms with Crippen LogP contribution < -0.4 is 27.4 Å². The van der Waals surface area contributed by atoms with Crippen LogP contribution in [0.4, 0.5) is 0 Å². The van der Waals surface area contributed by atoms with Gasteiger partial charge in [-0.25, -0.2) is 4.79 Å². The Hall–Kier alpha value is -2.97. The second-order valence-electron chi connectivity index (χ2n) is 7.37. The highest BCUT2D eigenvalue weighted by atomic mass is 32.1. The zero-order valence-electron chi connectivity index (χ0n) is 18.1. The molecular weight excluding hydrogens is 486 g/mol. The molecule has 0 radical (unpaired) electrons. The normalized spacial score (nSPS) is 14.2. The number of carbonyl (C=O) groups excluding carboxylic acids is 4. The van der Waals surface area contributed by atoms with Crippen molar-refractivity contribution in [3.63, 3.8) is 0 Å². The van der Waals surface area contributed by atoms with E-state index in [2.05, 4.69) is 41.2 Å². The number of primary amides is 1. The van der Waals surface area contributed by atoms with Crippen molar-refractivity contribution in [1.82, 2.24) is 16.0 Å². The van der Waals surface area contributed by atoms with Crippen LogP contribution in [0.2, 0.25) is 0 Å². The van der Waals surface area contributed by atoms with Crippen molar-refractivity contribution in [3.8, 4) is 5.75 Å². The first-order valence-corrected chi connectivity index (χ1v) is 11.4. The molecule has 0 bridgehead atoms. The Morgan fingerprint density at radius 1 is 0.853 bits per heavy atom. The SMILES string of the molecule is NC(=O)CCC(NC(=O)C(N)Cc1ccc(O)cc1)C(=O)NC(CS)C(=O)NC(CS)C(=O)O. The van der Waals surface area contributed by atoms with E-state index in [9.17, 15) is 29.1 Å². The molecular formula is C20H29N5O7S2. The van der Waals surface area contributed by atoms with Crippen LogP contribution in [0.3, 0.4) is 0 Å². The van der Waals surface area contributed by atoms with Crippen LogP contribution in [0.1, 0.15) is 18.4 Å². The Bertz CT molecular complexity index is 885. The first-order chi connectivity index (χ1) is 16.0. The number of benzene rings is 1. The number of phenolic OH excluding ortho intramolecular Hbond substituents is 1. The van der Waals surface area contributed by atoms with Crippen LogP contribution >= 0.6 is 25.3 Å². The van der Waals surface area contributed by atoms with Gasteiger partial charge in [0.1, 0.15) is 23.9 Å². The zero-order valence-corrected chi connectivity index (χ0v) is 19.9. The van der Waals surface area contributed by atoms with Crippen LogP contribution in [0.5, 0.6) is 5.75 Å². The summed E-state index contributed by atoms with van der Waals surface area (Å²) >= 11 is 7.87. The summed E-state index contributed by atoms with van der Waals surface area (Å²) < 4.78 is 0. The summed E-state index contributed by atoms with van der Waals surface area (Å²) in [7, 11) is 0. The molecule has 0 aliphatic carbocycles. The minimum Gasteiger partial charge on any atom is -0.508 e. The molecule has 0 aromatic heterocycles. The molecule has 0 heterocycles. The fraction of sp³-hybridized carbons (Fsp3) is 0.450. The molecule has 0 saturated carbocycles. The summed E-state index contributed by atoms with van der Waals surface area (Å²) in [6.45, 7) is 0. The Labute approximate surface area is 207 Å². The molecule has 0 saturated heterocycles. The third-order valence-corrected chi connectivity index (χ3v) is 5.38. The van der Waals surface area contributed by atoms with E-state index in [-0.39, 0.29) is 36.5 Å². The monoisotopic (exact) mass is 515 g/mol. The van der Waals surface area contributed by atoms with Crippen LogP contribution in [0, 0.1) is 0 Å². The summed E-state index contributed by atoms with van der Waals surface area (Å²) in [5, 5.41) is 25.4. The lowest BCUT2D eigenvalue weighted by molar-refractivity contribution is -0.141. The van der Waals surface area contributed by atoms with Gasteiger partial charge in [0.25, 0.3) is 0 Å². The summed E-state index contributed by atoms with van der Waals surface area (Å²) in [5.74, 6) is -4.61. The van der Waals surface area contributed by atoms with Gasteiger partial charge in [-0.05, 0) is 30.5 Å². The second-order valence-corrected chi connectivity index (χ2v) is 8.10. The maximum Gasteiger partial charge on any atom is 0.327 e. The van der Waals surface area contributed by atoms with Gasteiger partial charge < -0.3 is 37.6 Å². The number of amides is 4. The Kier molecular flexibility index (Phi) is 12.2. The summed E-state index contributed by atoms with van der Waals surface area (Å²) in [6, 6.07) is 1.25. The first kappa shape index (κ1) is 29.1. The van der Waals surface area contributed by atoms with Gasteiger partial charge in [-0.15, -0.1) is 0 Å². The number of carboxylic acids is 1. The van der Waals surface area contributed by atoms with E-state index in [4.69, 9.17) is 16.6 Å². The quantitative estimate of drug-likeness (QED) is 0.125. The smallest absolute Gasteiger partial charge is 0.327 e. The average Bonchev–Trinajstić information content (AvgIpc) is 2.78. The van der Waals surface area contributed by atoms with Gasteiger partial charge in [0.05, 0.1) is 6.04 Å². The third kappa shape index (κ3) is 9.89. The molecule has 4 atom stereocenters. The maximum absolute atomic E-state index is 12.8. The molecule has 1 rings (SSSR count). The molecule has 0 aliphatic rings. The Morgan fingerprint density at radius 3 is 1.85 bits per heavy atom. The van der Waals surface area contributed by atoms with Crippen molar-refractivity contribution in [2.24, 2.45) is 11.5 Å². The molecule has 188 valence electrons. The lowest BCUT2D eigenvalue weighted by Crippen LogP contribution is -2.58. The van der Waals surface area contributed by atoms with Gasteiger partial charge in [0.2, 0.25) is 23.6 Å². The predicted octanol–water partition coefficient (Wildman–Crippen LogP) is -2.07.